The molecule has 4 N–H and O–H groups in total. The molecule has 1 unspecified atom stereocenters. The average Bonchev–Trinajstić information content (AvgIpc) is 2.30. The molecule has 1 rings (SSSR count). The SMILES string of the molecule is C=CCC(N)C(=O)Nc1ccccc1NS(C)(=O)=O. The van der Waals surface area contributed by atoms with Crippen molar-refractivity contribution < 1.29 is 13.2 Å². The molecule has 7 heteroatoms. The van der Waals surface area contributed by atoms with Crippen LogP contribution in [-0.2, 0) is 14.8 Å². The summed E-state index contributed by atoms with van der Waals surface area (Å²) >= 11 is 0. The molecule has 0 aliphatic heterocycles. The molecule has 0 saturated heterocycles. The van der Waals surface area contributed by atoms with E-state index in [2.05, 4.69) is 16.6 Å². The quantitative estimate of drug-likeness (QED) is 0.675. The second-order valence-corrected chi connectivity index (χ2v) is 5.79. The van der Waals surface area contributed by atoms with Gasteiger partial charge in [0.1, 0.15) is 0 Å². The third kappa shape index (κ3) is 5.11. The maximum atomic E-state index is 11.8. The number of nitrogens with one attached hydrogen (secondary N) is 2. The summed E-state index contributed by atoms with van der Waals surface area (Å²) < 4.78 is 24.7. The maximum absolute atomic E-state index is 11.8. The molecule has 104 valence electrons. The van der Waals surface area contributed by atoms with Gasteiger partial charge in [-0.25, -0.2) is 8.42 Å². The Morgan fingerprint density at radius 2 is 2.00 bits per heavy atom. The van der Waals surface area contributed by atoms with E-state index in [1.165, 1.54) is 0 Å². The second-order valence-electron chi connectivity index (χ2n) is 4.04. The smallest absolute Gasteiger partial charge is 0.241 e. The zero-order valence-electron chi connectivity index (χ0n) is 10.6. The van der Waals surface area contributed by atoms with Crippen molar-refractivity contribution in [3.8, 4) is 0 Å². The predicted molar refractivity (Wildman–Crippen MR) is 76.3 cm³/mol. The normalized spacial score (nSPS) is 12.5. The fourth-order valence-corrected chi connectivity index (χ4v) is 1.97. The van der Waals surface area contributed by atoms with Gasteiger partial charge in [-0.15, -0.1) is 6.58 Å². The Hall–Kier alpha value is -1.86. The van der Waals surface area contributed by atoms with Gasteiger partial charge in [-0.3, -0.25) is 9.52 Å². The van der Waals surface area contributed by atoms with Crippen LogP contribution in [0.4, 0.5) is 11.4 Å². The van der Waals surface area contributed by atoms with Crippen molar-refractivity contribution >= 4 is 27.3 Å². The van der Waals surface area contributed by atoms with Crippen LogP contribution in [0.1, 0.15) is 6.42 Å². The summed E-state index contributed by atoms with van der Waals surface area (Å²) in [6.45, 7) is 3.50. The topological polar surface area (TPSA) is 101 Å². The van der Waals surface area contributed by atoms with Gasteiger partial charge >= 0.3 is 0 Å². The van der Waals surface area contributed by atoms with E-state index in [1.807, 2.05) is 0 Å². The fourth-order valence-electron chi connectivity index (χ4n) is 1.39. The van der Waals surface area contributed by atoms with E-state index >= 15 is 0 Å². The monoisotopic (exact) mass is 283 g/mol. The highest BCUT2D eigenvalue weighted by molar-refractivity contribution is 7.92. The number of anilines is 2. The van der Waals surface area contributed by atoms with Crippen LogP contribution >= 0.6 is 0 Å². The Bertz CT molecular complexity index is 569. The molecular formula is C12H17N3O3S. The van der Waals surface area contributed by atoms with Crippen LogP contribution in [0.25, 0.3) is 0 Å². The largest absolute Gasteiger partial charge is 0.323 e. The average molecular weight is 283 g/mol. The van der Waals surface area contributed by atoms with Crippen molar-refractivity contribution in [2.24, 2.45) is 5.73 Å². The first-order valence-electron chi connectivity index (χ1n) is 5.57. The van der Waals surface area contributed by atoms with E-state index in [1.54, 1.807) is 30.3 Å². The van der Waals surface area contributed by atoms with Crippen molar-refractivity contribution in [2.75, 3.05) is 16.3 Å². The first kappa shape index (κ1) is 15.2. The molecule has 6 nitrogen and oxygen atoms in total. The number of carbonyl (C=O) groups excluding carboxylic acids is 1. The molecule has 0 spiro atoms. The standard InChI is InChI=1S/C12H17N3O3S/c1-3-6-9(13)12(16)14-10-7-4-5-8-11(10)15-19(2,17)18/h3-5,7-9,15H,1,6,13H2,2H3,(H,14,16). The number of rotatable bonds is 6. The Morgan fingerprint density at radius 3 is 2.53 bits per heavy atom. The van der Waals surface area contributed by atoms with Gasteiger partial charge in [-0.05, 0) is 18.6 Å². The molecule has 0 aliphatic rings. The Balaban J connectivity index is 2.89. The molecule has 1 aromatic carbocycles. The summed E-state index contributed by atoms with van der Waals surface area (Å²) in [7, 11) is -3.41. The van der Waals surface area contributed by atoms with Crippen molar-refractivity contribution in [1.82, 2.24) is 0 Å². The van der Waals surface area contributed by atoms with E-state index in [-0.39, 0.29) is 0 Å². The number of benzene rings is 1. The van der Waals surface area contributed by atoms with Crippen LogP contribution in [0.2, 0.25) is 0 Å². The van der Waals surface area contributed by atoms with Crippen LogP contribution in [0.15, 0.2) is 36.9 Å². The van der Waals surface area contributed by atoms with Gasteiger partial charge in [-0.2, -0.15) is 0 Å². The highest BCUT2D eigenvalue weighted by Gasteiger charge is 2.14. The summed E-state index contributed by atoms with van der Waals surface area (Å²) in [5, 5.41) is 2.58. The molecule has 19 heavy (non-hydrogen) atoms. The number of carbonyl (C=O) groups is 1. The van der Waals surface area contributed by atoms with Crippen LogP contribution < -0.4 is 15.8 Å². The number of hydrogen-bond acceptors (Lipinski definition) is 4. The molecular weight excluding hydrogens is 266 g/mol. The van der Waals surface area contributed by atoms with Gasteiger partial charge in [-0.1, -0.05) is 18.2 Å². The van der Waals surface area contributed by atoms with Crippen molar-refractivity contribution in [3.63, 3.8) is 0 Å². The minimum atomic E-state index is -3.41. The summed E-state index contributed by atoms with van der Waals surface area (Å²) in [6.07, 6.45) is 2.92. The molecule has 0 saturated carbocycles. The van der Waals surface area contributed by atoms with E-state index in [0.29, 0.717) is 17.8 Å². The minimum Gasteiger partial charge on any atom is -0.323 e. The van der Waals surface area contributed by atoms with Crippen molar-refractivity contribution in [2.45, 2.75) is 12.5 Å². The molecule has 0 radical (unpaired) electrons. The predicted octanol–water partition coefficient (Wildman–Crippen LogP) is 0.900. The summed E-state index contributed by atoms with van der Waals surface area (Å²) in [6, 6.07) is 5.76. The van der Waals surface area contributed by atoms with Crippen LogP contribution in [-0.4, -0.2) is 26.6 Å². The van der Waals surface area contributed by atoms with Crippen LogP contribution in [0.3, 0.4) is 0 Å². The number of para-hydroxylation sites is 2. The summed E-state index contributed by atoms with van der Waals surface area (Å²) in [5.74, 6) is -0.400. The molecule has 1 aromatic rings. The number of sulfonamides is 1. The van der Waals surface area contributed by atoms with Crippen molar-refractivity contribution in [3.05, 3.63) is 36.9 Å². The van der Waals surface area contributed by atoms with Gasteiger partial charge < -0.3 is 11.1 Å². The summed E-state index contributed by atoms with van der Waals surface area (Å²) in [5.41, 5.74) is 6.29. The van der Waals surface area contributed by atoms with Gasteiger partial charge in [0.15, 0.2) is 0 Å². The molecule has 0 aliphatic carbocycles. The summed E-state index contributed by atoms with van der Waals surface area (Å²) in [4.78, 5) is 11.8. The van der Waals surface area contributed by atoms with Gasteiger partial charge in [0.05, 0.1) is 23.7 Å². The zero-order chi connectivity index (χ0) is 14.5. The van der Waals surface area contributed by atoms with E-state index < -0.39 is 22.0 Å². The lowest BCUT2D eigenvalue weighted by molar-refractivity contribution is -0.117. The highest BCUT2D eigenvalue weighted by atomic mass is 32.2. The third-order valence-corrected chi connectivity index (χ3v) is 2.83. The first-order chi connectivity index (χ1) is 8.83. The molecule has 0 aromatic heterocycles. The first-order valence-corrected chi connectivity index (χ1v) is 7.47. The Kier molecular flexibility index (Phi) is 5.08. The van der Waals surface area contributed by atoms with Gasteiger partial charge in [0.25, 0.3) is 0 Å². The van der Waals surface area contributed by atoms with E-state index in [4.69, 9.17) is 5.73 Å². The lowest BCUT2D eigenvalue weighted by atomic mass is 10.2. The molecule has 0 bridgehead atoms. The van der Waals surface area contributed by atoms with E-state index in [0.717, 1.165) is 6.26 Å². The molecule has 1 atom stereocenters. The van der Waals surface area contributed by atoms with Gasteiger partial charge in [0.2, 0.25) is 15.9 Å². The molecule has 1 amide bonds. The van der Waals surface area contributed by atoms with Crippen LogP contribution in [0.5, 0.6) is 0 Å². The Morgan fingerprint density at radius 1 is 1.42 bits per heavy atom. The lowest BCUT2D eigenvalue weighted by Crippen LogP contribution is -2.35. The number of nitrogens with two attached hydrogens (primary N) is 1. The third-order valence-electron chi connectivity index (χ3n) is 2.24. The lowest BCUT2D eigenvalue weighted by Gasteiger charge is -2.14. The maximum Gasteiger partial charge on any atom is 0.241 e. The fraction of sp³-hybridized carbons (Fsp3) is 0.250. The number of amides is 1. The Labute approximate surface area is 112 Å². The molecule has 0 heterocycles. The molecule has 0 fully saturated rings. The van der Waals surface area contributed by atoms with Gasteiger partial charge in [0, 0.05) is 0 Å². The number of hydrogen-bond donors (Lipinski definition) is 3. The highest BCUT2D eigenvalue weighted by Crippen LogP contribution is 2.22. The second kappa shape index (κ2) is 6.35. The van der Waals surface area contributed by atoms with Crippen LogP contribution in [0, 0.1) is 0 Å². The minimum absolute atomic E-state index is 0.296. The van der Waals surface area contributed by atoms with Crippen molar-refractivity contribution in [1.29, 1.82) is 0 Å². The zero-order valence-corrected chi connectivity index (χ0v) is 11.4. The van der Waals surface area contributed by atoms with E-state index in [9.17, 15) is 13.2 Å².